The first-order chi connectivity index (χ1) is 14.1. The molecule has 0 spiro atoms. The Hall–Kier alpha value is -2.46. The number of sulfonamides is 1. The summed E-state index contributed by atoms with van der Waals surface area (Å²) < 4.78 is 79.8. The van der Waals surface area contributed by atoms with Gasteiger partial charge >= 0.3 is 6.18 Å². The number of benzene rings is 2. The van der Waals surface area contributed by atoms with Crippen molar-refractivity contribution >= 4 is 21.6 Å². The minimum atomic E-state index is -4.53. The first-order valence-corrected chi connectivity index (χ1v) is 10.8. The number of anilines is 1. The maximum Gasteiger partial charge on any atom is 0.416 e. The summed E-state index contributed by atoms with van der Waals surface area (Å²) in [6, 6.07) is 6.26. The molecule has 1 amide bonds. The van der Waals surface area contributed by atoms with Gasteiger partial charge in [-0.25, -0.2) is 17.5 Å². The normalized spacial score (nSPS) is 15.7. The van der Waals surface area contributed by atoms with Gasteiger partial charge in [0.15, 0.2) is 0 Å². The third-order valence-corrected chi connectivity index (χ3v) is 6.41. The van der Waals surface area contributed by atoms with E-state index in [1.807, 2.05) is 0 Å². The third kappa shape index (κ3) is 5.37. The van der Waals surface area contributed by atoms with Crippen LogP contribution in [-0.2, 0) is 16.2 Å². The number of halogens is 4. The van der Waals surface area contributed by atoms with Crippen LogP contribution >= 0.6 is 0 Å². The quantitative estimate of drug-likeness (QED) is 0.656. The second kappa shape index (κ2) is 8.73. The van der Waals surface area contributed by atoms with Gasteiger partial charge in [0.05, 0.1) is 16.0 Å². The van der Waals surface area contributed by atoms with Crippen molar-refractivity contribution in [2.45, 2.75) is 49.2 Å². The van der Waals surface area contributed by atoms with Gasteiger partial charge in [0, 0.05) is 11.7 Å². The number of amides is 1. The fraction of sp³-hybridized carbons (Fsp3) is 0.350. The monoisotopic (exact) mass is 444 g/mol. The summed E-state index contributed by atoms with van der Waals surface area (Å²) in [7, 11) is -3.95. The predicted octanol–water partition coefficient (Wildman–Crippen LogP) is 4.71. The van der Waals surface area contributed by atoms with E-state index in [1.165, 1.54) is 0 Å². The smallest absolute Gasteiger partial charge is 0.322 e. The number of hydrogen-bond donors (Lipinski definition) is 2. The fourth-order valence-corrected chi connectivity index (χ4v) is 4.63. The Kier molecular flexibility index (Phi) is 6.47. The van der Waals surface area contributed by atoms with Crippen molar-refractivity contribution in [1.29, 1.82) is 0 Å². The molecule has 3 rings (SSSR count). The zero-order chi connectivity index (χ0) is 21.9. The first-order valence-electron chi connectivity index (χ1n) is 9.37. The number of hydrogen-bond acceptors (Lipinski definition) is 3. The molecule has 0 unspecified atom stereocenters. The van der Waals surface area contributed by atoms with Crippen molar-refractivity contribution in [1.82, 2.24) is 4.72 Å². The molecule has 2 aromatic carbocycles. The van der Waals surface area contributed by atoms with Crippen LogP contribution in [0.25, 0.3) is 0 Å². The number of rotatable bonds is 5. The molecule has 30 heavy (non-hydrogen) atoms. The predicted molar refractivity (Wildman–Crippen MR) is 103 cm³/mol. The van der Waals surface area contributed by atoms with Crippen LogP contribution in [0.2, 0.25) is 0 Å². The highest BCUT2D eigenvalue weighted by atomic mass is 32.2. The molecule has 0 aromatic heterocycles. The lowest BCUT2D eigenvalue weighted by Gasteiger charge is -2.22. The minimum Gasteiger partial charge on any atom is -0.322 e. The Morgan fingerprint density at radius 2 is 1.60 bits per heavy atom. The number of carbonyl (C=O) groups is 1. The number of carbonyl (C=O) groups excluding carboxylic acids is 1. The topological polar surface area (TPSA) is 75.3 Å². The van der Waals surface area contributed by atoms with E-state index < -0.39 is 39.1 Å². The zero-order valence-corrected chi connectivity index (χ0v) is 16.6. The van der Waals surface area contributed by atoms with Crippen LogP contribution in [0.3, 0.4) is 0 Å². The van der Waals surface area contributed by atoms with E-state index in [-0.39, 0.29) is 16.6 Å². The molecule has 1 aliphatic carbocycles. The van der Waals surface area contributed by atoms with E-state index in [2.05, 4.69) is 10.0 Å². The van der Waals surface area contributed by atoms with E-state index in [0.29, 0.717) is 12.8 Å². The number of nitrogens with one attached hydrogen (secondary N) is 2. The average molecular weight is 444 g/mol. The Balaban J connectivity index is 1.78. The van der Waals surface area contributed by atoms with Gasteiger partial charge < -0.3 is 5.32 Å². The van der Waals surface area contributed by atoms with Crippen LogP contribution in [-0.4, -0.2) is 20.4 Å². The molecule has 1 fully saturated rings. The Morgan fingerprint density at radius 1 is 0.967 bits per heavy atom. The maximum atomic E-state index is 14.2. The molecule has 0 heterocycles. The summed E-state index contributed by atoms with van der Waals surface area (Å²) >= 11 is 0. The summed E-state index contributed by atoms with van der Waals surface area (Å²) in [4.78, 5) is 12.1. The van der Waals surface area contributed by atoms with Gasteiger partial charge in [0.2, 0.25) is 10.0 Å². The van der Waals surface area contributed by atoms with Gasteiger partial charge in [-0.2, -0.15) is 13.2 Å². The Labute approximate surface area is 171 Å². The highest BCUT2D eigenvalue weighted by Crippen LogP contribution is 2.30. The Morgan fingerprint density at radius 3 is 2.20 bits per heavy atom. The van der Waals surface area contributed by atoms with Crippen LogP contribution in [0.4, 0.5) is 23.2 Å². The van der Waals surface area contributed by atoms with E-state index in [4.69, 9.17) is 0 Å². The van der Waals surface area contributed by atoms with Crippen LogP contribution in [0.1, 0.15) is 48.0 Å². The standard InChI is InChI=1S/C20H20F4N2O3S/c21-18-11-10-16(30(28,29)26-15-4-2-1-3-5-15)12-17(18)19(27)25-14-8-6-13(7-9-14)20(22,23)24/h6-12,15,26H,1-5H2,(H,25,27). The minimum absolute atomic E-state index is 0.0148. The van der Waals surface area contributed by atoms with Crippen molar-refractivity contribution in [3.8, 4) is 0 Å². The maximum absolute atomic E-state index is 14.2. The summed E-state index contributed by atoms with van der Waals surface area (Å²) in [6.45, 7) is 0. The van der Waals surface area contributed by atoms with Crippen LogP contribution in [0, 0.1) is 5.82 Å². The van der Waals surface area contributed by atoms with E-state index in [9.17, 15) is 30.8 Å². The third-order valence-electron chi connectivity index (χ3n) is 4.89. The van der Waals surface area contributed by atoms with Crippen molar-refractivity contribution in [2.24, 2.45) is 0 Å². The molecule has 1 saturated carbocycles. The molecule has 5 nitrogen and oxygen atoms in total. The molecule has 0 radical (unpaired) electrons. The van der Waals surface area contributed by atoms with Crippen LogP contribution in [0.15, 0.2) is 47.4 Å². The lowest BCUT2D eigenvalue weighted by atomic mass is 9.96. The molecule has 2 aromatic rings. The summed E-state index contributed by atoms with van der Waals surface area (Å²) in [5, 5.41) is 2.28. The first kappa shape index (κ1) is 22.2. The van der Waals surface area contributed by atoms with Gasteiger partial charge in [-0.05, 0) is 55.3 Å². The lowest BCUT2D eigenvalue weighted by molar-refractivity contribution is -0.137. The van der Waals surface area contributed by atoms with Gasteiger partial charge in [-0.1, -0.05) is 19.3 Å². The summed E-state index contributed by atoms with van der Waals surface area (Å²) in [5.74, 6) is -1.92. The van der Waals surface area contributed by atoms with Gasteiger partial charge in [-0.15, -0.1) is 0 Å². The summed E-state index contributed by atoms with van der Waals surface area (Å²) in [5.41, 5.74) is -1.41. The van der Waals surface area contributed by atoms with E-state index in [1.54, 1.807) is 0 Å². The van der Waals surface area contributed by atoms with Crippen LogP contribution < -0.4 is 10.0 Å². The van der Waals surface area contributed by atoms with Gasteiger partial charge in [-0.3, -0.25) is 4.79 Å². The fourth-order valence-electron chi connectivity index (χ4n) is 3.29. The van der Waals surface area contributed by atoms with E-state index in [0.717, 1.165) is 61.7 Å². The molecule has 1 aliphatic rings. The average Bonchev–Trinajstić information content (AvgIpc) is 2.68. The molecule has 0 saturated heterocycles. The van der Waals surface area contributed by atoms with Crippen LogP contribution in [0.5, 0.6) is 0 Å². The highest BCUT2D eigenvalue weighted by Gasteiger charge is 2.30. The largest absolute Gasteiger partial charge is 0.416 e. The molecule has 0 aliphatic heterocycles. The molecule has 162 valence electrons. The lowest BCUT2D eigenvalue weighted by Crippen LogP contribution is -2.36. The molecule has 10 heteroatoms. The SMILES string of the molecule is O=C(Nc1ccc(C(F)(F)F)cc1)c1cc(S(=O)(=O)NC2CCCCC2)ccc1F. The zero-order valence-electron chi connectivity index (χ0n) is 15.8. The Bertz CT molecular complexity index is 1020. The highest BCUT2D eigenvalue weighted by molar-refractivity contribution is 7.89. The number of alkyl halides is 3. The van der Waals surface area contributed by atoms with Crippen molar-refractivity contribution < 1.29 is 30.8 Å². The molecular weight excluding hydrogens is 424 g/mol. The molecule has 0 atom stereocenters. The van der Waals surface area contributed by atoms with Crippen molar-refractivity contribution in [3.63, 3.8) is 0 Å². The van der Waals surface area contributed by atoms with Crippen molar-refractivity contribution in [3.05, 3.63) is 59.4 Å². The molecule has 0 bridgehead atoms. The summed E-state index contributed by atoms with van der Waals surface area (Å²) in [6.07, 6.45) is -0.232. The van der Waals surface area contributed by atoms with Gasteiger partial charge in [0.1, 0.15) is 5.82 Å². The molecule has 2 N–H and O–H groups in total. The second-order valence-corrected chi connectivity index (χ2v) is 8.84. The van der Waals surface area contributed by atoms with Crippen molar-refractivity contribution in [2.75, 3.05) is 5.32 Å². The molecular formula is C20H20F4N2O3S. The van der Waals surface area contributed by atoms with Gasteiger partial charge in [0.25, 0.3) is 5.91 Å². The van der Waals surface area contributed by atoms with E-state index >= 15 is 0 Å². The second-order valence-electron chi connectivity index (χ2n) is 7.13.